The van der Waals surface area contributed by atoms with Crippen molar-refractivity contribution in [3.8, 4) is 11.8 Å². The van der Waals surface area contributed by atoms with Crippen LogP contribution in [-0.4, -0.2) is 5.11 Å². The first-order valence-corrected chi connectivity index (χ1v) is 4.41. The van der Waals surface area contributed by atoms with Crippen molar-refractivity contribution >= 4 is 21.4 Å². The van der Waals surface area contributed by atoms with Gasteiger partial charge in [0.15, 0.2) is 5.82 Å². The van der Waals surface area contributed by atoms with Gasteiger partial charge in [0.05, 0.1) is 4.70 Å². The number of thiophene rings is 1. The van der Waals surface area contributed by atoms with E-state index < -0.39 is 5.82 Å². The van der Waals surface area contributed by atoms with Crippen LogP contribution in [-0.2, 0) is 0 Å². The van der Waals surface area contributed by atoms with E-state index in [0.29, 0.717) is 10.1 Å². The highest BCUT2D eigenvalue weighted by atomic mass is 32.1. The van der Waals surface area contributed by atoms with Crippen LogP contribution in [0.1, 0.15) is 5.56 Å². The quantitative estimate of drug-likeness (QED) is 0.698. The molecule has 2 rings (SSSR count). The second kappa shape index (κ2) is 2.71. The normalized spacial score (nSPS) is 10.2. The zero-order valence-corrected chi connectivity index (χ0v) is 7.23. The zero-order valence-electron chi connectivity index (χ0n) is 6.41. The number of nitrogens with zero attached hydrogens (tertiary/aromatic N) is 1. The predicted molar refractivity (Wildman–Crippen MR) is 48.2 cm³/mol. The first-order valence-electron chi connectivity index (χ1n) is 3.53. The first-order chi connectivity index (χ1) is 6.24. The molecule has 1 aromatic carbocycles. The Balaban J connectivity index is 2.95. The Kier molecular flexibility index (Phi) is 1.67. The van der Waals surface area contributed by atoms with Crippen LogP contribution in [0.3, 0.4) is 0 Å². The summed E-state index contributed by atoms with van der Waals surface area (Å²) in [4.78, 5) is 0. The van der Waals surface area contributed by atoms with Crippen LogP contribution in [0.15, 0.2) is 17.5 Å². The van der Waals surface area contributed by atoms with Crippen LogP contribution in [0.4, 0.5) is 4.39 Å². The van der Waals surface area contributed by atoms with E-state index in [1.165, 1.54) is 17.4 Å². The maximum atomic E-state index is 13.4. The van der Waals surface area contributed by atoms with Gasteiger partial charge in [0.2, 0.25) is 0 Å². The van der Waals surface area contributed by atoms with E-state index in [0.717, 1.165) is 0 Å². The summed E-state index contributed by atoms with van der Waals surface area (Å²) in [5.74, 6) is -0.932. The molecule has 0 fully saturated rings. The molecule has 0 bridgehead atoms. The Bertz CT molecular complexity index is 512. The van der Waals surface area contributed by atoms with E-state index in [4.69, 9.17) is 5.26 Å². The van der Waals surface area contributed by atoms with Gasteiger partial charge in [-0.3, -0.25) is 0 Å². The highest BCUT2D eigenvalue weighted by Crippen LogP contribution is 2.31. The number of hydrogen-bond donors (Lipinski definition) is 1. The lowest BCUT2D eigenvalue weighted by atomic mass is 10.1. The van der Waals surface area contributed by atoms with Crippen molar-refractivity contribution in [1.82, 2.24) is 0 Å². The third kappa shape index (κ3) is 1.05. The summed E-state index contributed by atoms with van der Waals surface area (Å²) < 4.78 is 13.8. The first kappa shape index (κ1) is 8.02. The number of halogens is 1. The molecular weight excluding hydrogens is 189 g/mol. The van der Waals surface area contributed by atoms with Crippen molar-refractivity contribution in [3.05, 3.63) is 28.9 Å². The average molecular weight is 193 g/mol. The van der Waals surface area contributed by atoms with E-state index in [2.05, 4.69) is 0 Å². The fourth-order valence-electron chi connectivity index (χ4n) is 1.16. The summed E-state index contributed by atoms with van der Waals surface area (Å²) in [6, 6.07) is 4.72. The van der Waals surface area contributed by atoms with Crippen molar-refractivity contribution in [2.75, 3.05) is 0 Å². The molecule has 0 saturated heterocycles. The van der Waals surface area contributed by atoms with Gasteiger partial charge < -0.3 is 5.11 Å². The number of nitriles is 1. The summed E-state index contributed by atoms with van der Waals surface area (Å²) >= 11 is 1.21. The van der Waals surface area contributed by atoms with E-state index in [9.17, 15) is 9.50 Å². The van der Waals surface area contributed by atoms with Crippen LogP contribution in [0, 0.1) is 17.1 Å². The molecule has 0 aliphatic carbocycles. The van der Waals surface area contributed by atoms with E-state index in [1.807, 2.05) is 0 Å². The largest absolute Gasteiger partial charge is 0.506 e. The number of benzene rings is 1. The van der Waals surface area contributed by atoms with Crippen LogP contribution in [0.5, 0.6) is 5.75 Å². The van der Waals surface area contributed by atoms with Gasteiger partial charge in [0.1, 0.15) is 17.4 Å². The smallest absolute Gasteiger partial charge is 0.162 e. The minimum atomic E-state index is -0.632. The summed E-state index contributed by atoms with van der Waals surface area (Å²) in [6.07, 6.45) is 0. The van der Waals surface area contributed by atoms with E-state index in [-0.39, 0.29) is 11.3 Å². The predicted octanol–water partition coefficient (Wildman–Crippen LogP) is 2.62. The Morgan fingerprint density at radius 3 is 3.00 bits per heavy atom. The molecule has 64 valence electrons. The maximum Gasteiger partial charge on any atom is 0.162 e. The minimum Gasteiger partial charge on any atom is -0.506 e. The molecule has 0 saturated carbocycles. The molecule has 2 aromatic rings. The summed E-state index contributed by atoms with van der Waals surface area (Å²) in [5, 5.41) is 20.1. The molecule has 2 nitrogen and oxygen atoms in total. The van der Waals surface area contributed by atoms with Crippen molar-refractivity contribution in [2.45, 2.75) is 0 Å². The van der Waals surface area contributed by atoms with Gasteiger partial charge in [0.25, 0.3) is 0 Å². The molecule has 0 aliphatic rings. The number of phenols is 1. The van der Waals surface area contributed by atoms with E-state index in [1.54, 1.807) is 17.5 Å². The molecule has 13 heavy (non-hydrogen) atoms. The number of phenolic OH excluding ortho intramolecular Hbond substituents is 1. The van der Waals surface area contributed by atoms with Gasteiger partial charge in [-0.05, 0) is 22.9 Å². The van der Waals surface area contributed by atoms with Crippen LogP contribution < -0.4 is 0 Å². The summed E-state index contributed by atoms with van der Waals surface area (Å²) in [7, 11) is 0. The van der Waals surface area contributed by atoms with Crippen molar-refractivity contribution in [1.29, 1.82) is 5.26 Å². The molecule has 4 heteroatoms. The molecule has 1 N–H and O–H groups in total. The zero-order chi connectivity index (χ0) is 9.42. The fraction of sp³-hybridized carbons (Fsp3) is 0. The third-order valence-electron chi connectivity index (χ3n) is 1.77. The molecule has 0 spiro atoms. The van der Waals surface area contributed by atoms with Gasteiger partial charge >= 0.3 is 0 Å². The van der Waals surface area contributed by atoms with Crippen LogP contribution >= 0.6 is 11.3 Å². The van der Waals surface area contributed by atoms with Gasteiger partial charge in [-0.25, -0.2) is 4.39 Å². The van der Waals surface area contributed by atoms with Gasteiger partial charge in [0, 0.05) is 0 Å². The molecule has 0 atom stereocenters. The van der Waals surface area contributed by atoms with Crippen molar-refractivity contribution in [3.63, 3.8) is 0 Å². The summed E-state index contributed by atoms with van der Waals surface area (Å²) in [5.41, 5.74) is -0.282. The number of fused-ring (bicyclic) bond motifs is 1. The lowest BCUT2D eigenvalue weighted by molar-refractivity contribution is 0.468. The lowest BCUT2D eigenvalue weighted by Crippen LogP contribution is -1.84. The standard InChI is InChI=1S/C9H4FNOS/c10-8-6(4-11)7(12)3-5-1-2-13-9(5)8/h1-3,12H. The SMILES string of the molecule is N#Cc1c(O)cc2ccsc2c1F. The Morgan fingerprint density at radius 1 is 1.54 bits per heavy atom. The third-order valence-corrected chi connectivity index (χ3v) is 2.70. The Hall–Kier alpha value is -1.60. The lowest BCUT2D eigenvalue weighted by Gasteiger charge is -1.98. The molecule has 1 heterocycles. The minimum absolute atomic E-state index is 0.282. The Morgan fingerprint density at radius 2 is 2.31 bits per heavy atom. The second-order valence-corrected chi connectivity index (χ2v) is 3.45. The number of aromatic hydroxyl groups is 1. The van der Waals surface area contributed by atoms with E-state index >= 15 is 0 Å². The molecule has 0 amide bonds. The molecule has 0 unspecified atom stereocenters. The van der Waals surface area contributed by atoms with Gasteiger partial charge in [-0.2, -0.15) is 5.26 Å². The number of hydrogen-bond acceptors (Lipinski definition) is 3. The highest BCUT2D eigenvalue weighted by Gasteiger charge is 2.12. The van der Waals surface area contributed by atoms with Crippen molar-refractivity contribution < 1.29 is 9.50 Å². The Labute approximate surface area is 77.5 Å². The molecule has 0 aliphatic heterocycles. The average Bonchev–Trinajstić information content (AvgIpc) is 2.53. The highest BCUT2D eigenvalue weighted by molar-refractivity contribution is 7.17. The van der Waals surface area contributed by atoms with Crippen molar-refractivity contribution in [2.24, 2.45) is 0 Å². The fourth-order valence-corrected chi connectivity index (χ4v) is 1.98. The molecule has 1 aromatic heterocycles. The maximum absolute atomic E-state index is 13.4. The number of rotatable bonds is 0. The topological polar surface area (TPSA) is 44.0 Å². The van der Waals surface area contributed by atoms with Gasteiger partial charge in [-0.15, -0.1) is 11.3 Å². The molecular formula is C9H4FNOS. The summed E-state index contributed by atoms with van der Waals surface area (Å²) in [6.45, 7) is 0. The van der Waals surface area contributed by atoms with Gasteiger partial charge in [-0.1, -0.05) is 0 Å². The van der Waals surface area contributed by atoms with Crippen LogP contribution in [0.25, 0.3) is 10.1 Å². The monoisotopic (exact) mass is 193 g/mol. The molecule has 0 radical (unpaired) electrons. The second-order valence-electron chi connectivity index (χ2n) is 2.54. The van der Waals surface area contributed by atoms with Crippen LogP contribution in [0.2, 0.25) is 0 Å².